The topological polar surface area (TPSA) is 21.7 Å². The normalized spacial score (nSPS) is 18.6. The first-order chi connectivity index (χ1) is 6.58. The molecule has 3 heteroatoms. The average Bonchev–Trinajstić information content (AvgIpc) is 2.13. The number of rotatable bonds is 4. The van der Waals surface area contributed by atoms with Crippen LogP contribution in [-0.4, -0.2) is 50.0 Å². The summed E-state index contributed by atoms with van der Waals surface area (Å²) in [6.45, 7) is 12.2. The molecule has 3 nitrogen and oxygen atoms in total. The summed E-state index contributed by atoms with van der Waals surface area (Å²) in [6, 6.07) is 0. The van der Waals surface area contributed by atoms with E-state index in [2.05, 4.69) is 25.7 Å². The molecule has 0 radical (unpaired) electrons. The molecule has 1 aliphatic rings. The quantitative estimate of drug-likeness (QED) is 0.674. The molecular formula is C12H27NO2. The van der Waals surface area contributed by atoms with Crippen LogP contribution >= 0.6 is 0 Å². The lowest BCUT2D eigenvalue weighted by Gasteiger charge is -2.27. The first kappa shape index (κ1) is 14.9. The lowest BCUT2D eigenvalue weighted by atomic mass is 10.2. The summed E-state index contributed by atoms with van der Waals surface area (Å²) in [7, 11) is 0. The van der Waals surface area contributed by atoms with Gasteiger partial charge in [-0.2, -0.15) is 0 Å². The summed E-state index contributed by atoms with van der Waals surface area (Å²) in [5, 5.41) is 0. The predicted molar refractivity (Wildman–Crippen MR) is 64.3 cm³/mol. The number of hydrogen-bond acceptors (Lipinski definition) is 3. The fourth-order valence-corrected chi connectivity index (χ4v) is 1.49. The second-order valence-corrected chi connectivity index (χ2v) is 4.77. The Hall–Kier alpha value is -0.120. The van der Waals surface area contributed by atoms with Crippen molar-refractivity contribution in [3.63, 3.8) is 0 Å². The van der Waals surface area contributed by atoms with Gasteiger partial charge in [0.15, 0.2) is 0 Å². The molecule has 0 bridgehead atoms. The van der Waals surface area contributed by atoms with Crippen molar-refractivity contribution >= 4 is 0 Å². The Balaban J connectivity index is 0.00000196. The summed E-state index contributed by atoms with van der Waals surface area (Å²) in [5.41, 5.74) is 0.00497. The van der Waals surface area contributed by atoms with Gasteiger partial charge < -0.3 is 9.47 Å². The number of ether oxygens (including phenoxy) is 2. The van der Waals surface area contributed by atoms with Crippen LogP contribution in [0.4, 0.5) is 0 Å². The SMILES string of the molecule is C.CC(C)(C)OCCCN1CCOCC1. The van der Waals surface area contributed by atoms with Crippen molar-refractivity contribution in [3.05, 3.63) is 0 Å². The van der Waals surface area contributed by atoms with Crippen LogP contribution in [0.2, 0.25) is 0 Å². The van der Waals surface area contributed by atoms with Gasteiger partial charge in [0, 0.05) is 26.2 Å². The summed E-state index contributed by atoms with van der Waals surface area (Å²) in [5.74, 6) is 0. The molecule has 15 heavy (non-hydrogen) atoms. The largest absolute Gasteiger partial charge is 0.379 e. The van der Waals surface area contributed by atoms with Gasteiger partial charge in [-0.05, 0) is 27.2 Å². The van der Waals surface area contributed by atoms with Crippen LogP contribution in [-0.2, 0) is 9.47 Å². The zero-order valence-corrected chi connectivity index (χ0v) is 9.71. The van der Waals surface area contributed by atoms with Gasteiger partial charge in [0.05, 0.1) is 18.8 Å². The molecule has 0 unspecified atom stereocenters. The van der Waals surface area contributed by atoms with Gasteiger partial charge in [-0.15, -0.1) is 0 Å². The summed E-state index contributed by atoms with van der Waals surface area (Å²) >= 11 is 0. The van der Waals surface area contributed by atoms with Crippen molar-refractivity contribution in [1.82, 2.24) is 4.90 Å². The summed E-state index contributed by atoms with van der Waals surface area (Å²) in [6.07, 6.45) is 1.12. The predicted octanol–water partition coefficient (Wildman–Crippen LogP) is 2.16. The second-order valence-electron chi connectivity index (χ2n) is 4.77. The molecule has 0 atom stereocenters. The Labute approximate surface area is 94.7 Å². The van der Waals surface area contributed by atoms with E-state index in [1.54, 1.807) is 0 Å². The smallest absolute Gasteiger partial charge is 0.0598 e. The Bertz CT molecular complexity index is 148. The fourth-order valence-electron chi connectivity index (χ4n) is 1.49. The summed E-state index contributed by atoms with van der Waals surface area (Å²) in [4.78, 5) is 2.44. The second kappa shape index (κ2) is 7.20. The molecule has 1 fully saturated rings. The van der Waals surface area contributed by atoms with E-state index in [-0.39, 0.29) is 13.0 Å². The third-order valence-electron chi connectivity index (χ3n) is 2.26. The van der Waals surface area contributed by atoms with Crippen LogP contribution in [0.15, 0.2) is 0 Å². The molecule has 0 spiro atoms. The van der Waals surface area contributed by atoms with Gasteiger partial charge in [0.1, 0.15) is 0 Å². The highest BCUT2D eigenvalue weighted by molar-refractivity contribution is 4.63. The van der Waals surface area contributed by atoms with E-state index in [0.29, 0.717) is 0 Å². The van der Waals surface area contributed by atoms with Crippen molar-refractivity contribution in [2.75, 3.05) is 39.5 Å². The van der Waals surface area contributed by atoms with E-state index < -0.39 is 0 Å². The third kappa shape index (κ3) is 7.77. The van der Waals surface area contributed by atoms with Crippen molar-refractivity contribution in [1.29, 1.82) is 0 Å². The first-order valence-electron chi connectivity index (χ1n) is 5.52. The molecule has 92 valence electrons. The zero-order chi connectivity index (χ0) is 10.4. The molecular weight excluding hydrogens is 190 g/mol. The Morgan fingerprint density at radius 3 is 2.33 bits per heavy atom. The van der Waals surface area contributed by atoms with Gasteiger partial charge in [-0.25, -0.2) is 0 Å². The van der Waals surface area contributed by atoms with Crippen molar-refractivity contribution in [2.24, 2.45) is 0 Å². The van der Waals surface area contributed by atoms with Gasteiger partial charge in [0.2, 0.25) is 0 Å². The Morgan fingerprint density at radius 2 is 1.80 bits per heavy atom. The van der Waals surface area contributed by atoms with Crippen molar-refractivity contribution < 1.29 is 9.47 Å². The highest BCUT2D eigenvalue weighted by Crippen LogP contribution is 2.07. The maximum Gasteiger partial charge on any atom is 0.0598 e. The van der Waals surface area contributed by atoms with Crippen molar-refractivity contribution in [2.45, 2.75) is 40.2 Å². The molecule has 0 aliphatic carbocycles. The lowest BCUT2D eigenvalue weighted by Crippen LogP contribution is -2.37. The standard InChI is InChI=1S/C11H23NO2.CH4/c1-11(2,3)14-8-4-5-12-6-9-13-10-7-12;/h4-10H2,1-3H3;1H4. The molecule has 0 amide bonds. The van der Waals surface area contributed by atoms with E-state index in [0.717, 1.165) is 45.9 Å². The highest BCUT2D eigenvalue weighted by Gasteiger charge is 2.11. The Morgan fingerprint density at radius 1 is 1.20 bits per heavy atom. The highest BCUT2D eigenvalue weighted by atomic mass is 16.5. The van der Waals surface area contributed by atoms with E-state index in [1.165, 1.54) is 0 Å². The minimum absolute atomic E-state index is 0. The molecule has 1 rings (SSSR count). The van der Waals surface area contributed by atoms with Crippen LogP contribution in [0.1, 0.15) is 34.6 Å². The minimum Gasteiger partial charge on any atom is -0.379 e. The van der Waals surface area contributed by atoms with Gasteiger partial charge in [0.25, 0.3) is 0 Å². The van der Waals surface area contributed by atoms with Crippen LogP contribution in [0.3, 0.4) is 0 Å². The van der Waals surface area contributed by atoms with Crippen LogP contribution in [0.5, 0.6) is 0 Å². The number of morpholine rings is 1. The van der Waals surface area contributed by atoms with Gasteiger partial charge in [-0.3, -0.25) is 4.90 Å². The molecule has 0 aromatic heterocycles. The Kier molecular flexibility index (Phi) is 7.14. The van der Waals surface area contributed by atoms with E-state index in [4.69, 9.17) is 9.47 Å². The maximum atomic E-state index is 5.66. The molecule has 0 aromatic rings. The monoisotopic (exact) mass is 217 g/mol. The lowest BCUT2D eigenvalue weighted by molar-refractivity contribution is -0.0130. The molecule has 0 N–H and O–H groups in total. The van der Waals surface area contributed by atoms with Gasteiger partial charge in [-0.1, -0.05) is 7.43 Å². The molecule has 1 heterocycles. The van der Waals surface area contributed by atoms with Crippen LogP contribution < -0.4 is 0 Å². The number of hydrogen-bond donors (Lipinski definition) is 0. The fraction of sp³-hybridized carbons (Fsp3) is 1.00. The zero-order valence-electron chi connectivity index (χ0n) is 9.71. The number of nitrogens with zero attached hydrogens (tertiary/aromatic N) is 1. The molecule has 1 saturated heterocycles. The minimum atomic E-state index is 0. The average molecular weight is 217 g/mol. The third-order valence-corrected chi connectivity index (χ3v) is 2.26. The molecule has 1 aliphatic heterocycles. The van der Waals surface area contributed by atoms with E-state index >= 15 is 0 Å². The van der Waals surface area contributed by atoms with Crippen LogP contribution in [0.25, 0.3) is 0 Å². The van der Waals surface area contributed by atoms with Crippen LogP contribution in [0, 0.1) is 0 Å². The first-order valence-corrected chi connectivity index (χ1v) is 5.52. The molecule has 0 aromatic carbocycles. The van der Waals surface area contributed by atoms with Gasteiger partial charge >= 0.3 is 0 Å². The van der Waals surface area contributed by atoms with E-state index in [9.17, 15) is 0 Å². The molecule has 0 saturated carbocycles. The summed E-state index contributed by atoms with van der Waals surface area (Å²) < 4.78 is 10.9. The van der Waals surface area contributed by atoms with Crippen molar-refractivity contribution in [3.8, 4) is 0 Å². The van der Waals surface area contributed by atoms with E-state index in [1.807, 2.05) is 0 Å². The maximum absolute atomic E-state index is 5.66.